The molecule has 1 saturated heterocycles. The summed E-state index contributed by atoms with van der Waals surface area (Å²) in [5, 5.41) is 0. The second-order valence-corrected chi connectivity index (χ2v) is 5.70. The molecule has 0 bridgehead atoms. The summed E-state index contributed by atoms with van der Waals surface area (Å²) < 4.78 is 26.8. The highest BCUT2D eigenvalue weighted by Gasteiger charge is 2.22. The molecule has 0 amide bonds. The maximum absolute atomic E-state index is 11.2. The minimum atomic E-state index is -2.85. The number of sulfone groups is 1. The summed E-state index contributed by atoms with van der Waals surface area (Å²) >= 11 is 0. The van der Waals surface area contributed by atoms with Crippen molar-refractivity contribution >= 4 is 15.6 Å². The zero-order chi connectivity index (χ0) is 10.6. The van der Waals surface area contributed by atoms with Crippen LogP contribution in [0.25, 0.3) is 0 Å². The van der Waals surface area contributed by atoms with Crippen LogP contribution in [0.5, 0.6) is 0 Å². The lowest BCUT2D eigenvalue weighted by atomic mass is 10.3. The fourth-order valence-electron chi connectivity index (χ4n) is 1.36. The molecular weight excluding hydrogens is 206 g/mol. The van der Waals surface area contributed by atoms with Gasteiger partial charge in [0.1, 0.15) is 6.61 Å². The molecule has 1 heterocycles. The standard InChI is InChI=1S/C8H15NO4S/c1-13-7-8(10)6-9-2-4-14(11,12)5-3-9/h2-7H2,1H3. The quantitative estimate of drug-likeness (QED) is 0.605. The smallest absolute Gasteiger partial charge is 0.172 e. The Balaban J connectivity index is 2.32. The van der Waals surface area contributed by atoms with Crippen molar-refractivity contribution in [2.75, 3.05) is 44.9 Å². The summed E-state index contributed by atoms with van der Waals surface area (Å²) in [6, 6.07) is 0. The maximum Gasteiger partial charge on any atom is 0.172 e. The highest BCUT2D eigenvalue weighted by molar-refractivity contribution is 7.91. The van der Waals surface area contributed by atoms with Crippen LogP contribution in [0.2, 0.25) is 0 Å². The van der Waals surface area contributed by atoms with Gasteiger partial charge in [0.05, 0.1) is 18.1 Å². The van der Waals surface area contributed by atoms with E-state index in [2.05, 4.69) is 0 Å². The van der Waals surface area contributed by atoms with Gasteiger partial charge >= 0.3 is 0 Å². The summed E-state index contributed by atoms with van der Waals surface area (Å²) in [7, 11) is -1.38. The molecule has 0 aromatic heterocycles. The van der Waals surface area contributed by atoms with Crippen LogP contribution in [0.1, 0.15) is 0 Å². The highest BCUT2D eigenvalue weighted by atomic mass is 32.2. The van der Waals surface area contributed by atoms with Crippen molar-refractivity contribution in [3.8, 4) is 0 Å². The topological polar surface area (TPSA) is 63.7 Å². The number of carbonyl (C=O) groups excluding carboxylic acids is 1. The zero-order valence-corrected chi connectivity index (χ0v) is 9.05. The van der Waals surface area contributed by atoms with E-state index in [-0.39, 0.29) is 23.9 Å². The molecule has 6 heteroatoms. The Morgan fingerprint density at radius 2 is 1.93 bits per heavy atom. The number of carbonyl (C=O) groups is 1. The summed E-state index contributed by atoms with van der Waals surface area (Å²) in [6.45, 7) is 1.31. The monoisotopic (exact) mass is 221 g/mol. The average molecular weight is 221 g/mol. The van der Waals surface area contributed by atoms with E-state index in [4.69, 9.17) is 4.74 Å². The number of hydrogen-bond donors (Lipinski definition) is 0. The van der Waals surface area contributed by atoms with E-state index in [9.17, 15) is 13.2 Å². The van der Waals surface area contributed by atoms with Gasteiger partial charge in [-0.05, 0) is 0 Å². The van der Waals surface area contributed by atoms with Crippen molar-refractivity contribution in [1.29, 1.82) is 0 Å². The van der Waals surface area contributed by atoms with Gasteiger partial charge in [0.2, 0.25) is 0 Å². The lowest BCUT2D eigenvalue weighted by molar-refractivity contribution is -0.123. The molecule has 1 rings (SSSR count). The molecule has 0 saturated carbocycles. The largest absolute Gasteiger partial charge is 0.377 e. The normalized spacial score (nSPS) is 22.1. The van der Waals surface area contributed by atoms with Crippen LogP contribution in [0.15, 0.2) is 0 Å². The van der Waals surface area contributed by atoms with Gasteiger partial charge in [-0.2, -0.15) is 0 Å². The first kappa shape index (κ1) is 11.6. The Hall–Kier alpha value is -0.460. The molecule has 14 heavy (non-hydrogen) atoms. The van der Waals surface area contributed by atoms with Gasteiger partial charge in [0.15, 0.2) is 15.6 Å². The minimum Gasteiger partial charge on any atom is -0.377 e. The summed E-state index contributed by atoms with van der Waals surface area (Å²) in [4.78, 5) is 13.0. The molecule has 1 fully saturated rings. The lowest BCUT2D eigenvalue weighted by Crippen LogP contribution is -2.43. The van der Waals surface area contributed by atoms with Crippen molar-refractivity contribution in [2.45, 2.75) is 0 Å². The molecule has 0 N–H and O–H groups in total. The Morgan fingerprint density at radius 3 is 2.43 bits per heavy atom. The van der Waals surface area contributed by atoms with Crippen molar-refractivity contribution < 1.29 is 17.9 Å². The number of nitrogens with zero attached hydrogens (tertiary/aromatic N) is 1. The van der Waals surface area contributed by atoms with E-state index in [0.717, 1.165) is 0 Å². The maximum atomic E-state index is 11.2. The Kier molecular flexibility index (Phi) is 4.03. The fourth-order valence-corrected chi connectivity index (χ4v) is 2.64. The molecule has 0 spiro atoms. The van der Waals surface area contributed by atoms with Crippen LogP contribution in [0.3, 0.4) is 0 Å². The first-order valence-corrected chi connectivity index (χ1v) is 6.29. The molecule has 5 nitrogen and oxygen atoms in total. The third-order valence-electron chi connectivity index (χ3n) is 2.14. The summed E-state index contributed by atoms with van der Waals surface area (Å²) in [6.07, 6.45) is 0. The molecular formula is C8H15NO4S. The van der Waals surface area contributed by atoms with Gasteiger partial charge in [-0.1, -0.05) is 0 Å². The molecule has 0 aromatic rings. The highest BCUT2D eigenvalue weighted by Crippen LogP contribution is 2.03. The van der Waals surface area contributed by atoms with Crippen molar-refractivity contribution in [2.24, 2.45) is 0 Å². The molecule has 0 unspecified atom stereocenters. The van der Waals surface area contributed by atoms with Crippen LogP contribution >= 0.6 is 0 Å². The van der Waals surface area contributed by atoms with Crippen molar-refractivity contribution in [3.05, 3.63) is 0 Å². The number of methoxy groups -OCH3 is 1. The third-order valence-corrected chi connectivity index (χ3v) is 3.75. The molecule has 0 atom stereocenters. The van der Waals surface area contributed by atoms with Gasteiger partial charge in [-0.15, -0.1) is 0 Å². The Morgan fingerprint density at radius 1 is 1.36 bits per heavy atom. The van der Waals surface area contributed by atoms with Crippen LogP contribution < -0.4 is 0 Å². The fraction of sp³-hybridized carbons (Fsp3) is 0.875. The summed E-state index contributed by atoms with van der Waals surface area (Å²) in [5.74, 6) is 0.312. The van der Waals surface area contributed by atoms with Crippen LogP contribution in [0, 0.1) is 0 Å². The van der Waals surface area contributed by atoms with E-state index in [1.807, 2.05) is 4.90 Å². The predicted molar refractivity (Wildman–Crippen MR) is 52.0 cm³/mol. The SMILES string of the molecule is COCC(=O)CN1CCS(=O)(=O)CC1. The molecule has 0 aliphatic carbocycles. The van der Waals surface area contributed by atoms with Gasteiger partial charge in [0.25, 0.3) is 0 Å². The molecule has 1 aliphatic rings. The Labute approximate surface area is 83.9 Å². The molecule has 0 aromatic carbocycles. The van der Waals surface area contributed by atoms with Crippen molar-refractivity contribution in [3.63, 3.8) is 0 Å². The van der Waals surface area contributed by atoms with Crippen molar-refractivity contribution in [1.82, 2.24) is 4.90 Å². The van der Waals surface area contributed by atoms with Gasteiger partial charge < -0.3 is 4.74 Å². The number of ether oxygens (including phenoxy) is 1. The van der Waals surface area contributed by atoms with Gasteiger partial charge in [0, 0.05) is 20.2 Å². The van der Waals surface area contributed by atoms with E-state index in [0.29, 0.717) is 19.6 Å². The number of rotatable bonds is 4. The van der Waals surface area contributed by atoms with E-state index >= 15 is 0 Å². The predicted octanol–water partition coefficient (Wildman–Crippen LogP) is -1.07. The van der Waals surface area contributed by atoms with E-state index in [1.54, 1.807) is 0 Å². The Bertz CT molecular complexity index is 284. The molecule has 0 radical (unpaired) electrons. The van der Waals surface area contributed by atoms with Crippen LogP contribution in [-0.2, 0) is 19.4 Å². The number of hydrogen-bond acceptors (Lipinski definition) is 5. The second kappa shape index (κ2) is 4.86. The van der Waals surface area contributed by atoms with Crippen LogP contribution in [-0.4, -0.2) is 64.0 Å². The minimum absolute atomic E-state index is 0.00759. The van der Waals surface area contributed by atoms with E-state index < -0.39 is 9.84 Å². The zero-order valence-electron chi connectivity index (χ0n) is 8.23. The molecule has 82 valence electrons. The molecule has 1 aliphatic heterocycles. The first-order chi connectivity index (χ1) is 6.53. The van der Waals surface area contributed by atoms with Gasteiger partial charge in [-0.3, -0.25) is 9.69 Å². The van der Waals surface area contributed by atoms with Crippen LogP contribution in [0.4, 0.5) is 0 Å². The van der Waals surface area contributed by atoms with Gasteiger partial charge in [-0.25, -0.2) is 8.42 Å². The average Bonchev–Trinajstić information content (AvgIpc) is 2.09. The number of ketones is 1. The first-order valence-electron chi connectivity index (χ1n) is 4.47. The second-order valence-electron chi connectivity index (χ2n) is 3.40. The number of Topliss-reactive ketones (excluding diaryl/α,β-unsaturated/α-hetero) is 1. The van der Waals surface area contributed by atoms with E-state index in [1.165, 1.54) is 7.11 Å². The lowest BCUT2D eigenvalue weighted by Gasteiger charge is -2.25. The summed E-state index contributed by atoms with van der Waals surface area (Å²) in [5.41, 5.74) is 0. The third kappa shape index (κ3) is 3.73.